The van der Waals surface area contributed by atoms with Gasteiger partial charge in [0.05, 0.1) is 36.0 Å². The van der Waals surface area contributed by atoms with Gasteiger partial charge in [0.25, 0.3) is 0 Å². The number of allylic oxidation sites excluding steroid dienone is 1. The van der Waals surface area contributed by atoms with Crippen LogP contribution in [0, 0.1) is 0 Å². The number of rotatable bonds is 13. The number of halogens is 2. The van der Waals surface area contributed by atoms with E-state index in [0.717, 1.165) is 15.6 Å². The largest absolute Gasteiger partial charge is 0.490 e. The van der Waals surface area contributed by atoms with Crippen LogP contribution in [-0.4, -0.2) is 49.9 Å². The summed E-state index contributed by atoms with van der Waals surface area (Å²) in [5.74, 6) is 0.824. The third-order valence-electron chi connectivity index (χ3n) is 6.35. The van der Waals surface area contributed by atoms with E-state index in [1.807, 2.05) is 49.4 Å². The van der Waals surface area contributed by atoms with Crippen LogP contribution in [0.5, 0.6) is 17.2 Å². The van der Waals surface area contributed by atoms with Crippen molar-refractivity contribution in [1.82, 2.24) is 16.1 Å². The molecular formula is C31H32BrClN4O7. The van der Waals surface area contributed by atoms with Crippen molar-refractivity contribution in [1.29, 1.82) is 0 Å². The lowest BCUT2D eigenvalue weighted by atomic mass is 9.95. The number of aliphatic hydroxyl groups is 1. The molecule has 4 rings (SSSR count). The maximum Gasteiger partial charge on any atom is 0.337 e. The van der Waals surface area contributed by atoms with E-state index >= 15 is 0 Å². The minimum atomic E-state index is -1.13. The lowest BCUT2D eigenvalue weighted by Crippen LogP contribution is -2.45. The van der Waals surface area contributed by atoms with Gasteiger partial charge in [-0.15, -0.1) is 0 Å². The summed E-state index contributed by atoms with van der Waals surface area (Å²) in [7, 11) is 1.27. The first-order chi connectivity index (χ1) is 21.2. The topological polar surface area (TPSA) is 140 Å². The van der Waals surface area contributed by atoms with Crippen molar-refractivity contribution in [3.05, 3.63) is 98.1 Å². The molecule has 11 nitrogen and oxygen atoms in total. The SMILES string of the molecule is CCOc1cc([C@@H]2NC(=O)NC(C)=C2C(=O)OC)ccc1OC[C@@H](O)N/N=C/c1ccc(OCc2cccc(Cl)c2)c(Br)c1. The molecule has 4 N–H and O–H groups in total. The Bertz CT molecular complexity index is 1570. The number of carbonyl (C=O) groups excluding carboxylic acids is 2. The lowest BCUT2D eigenvalue weighted by Gasteiger charge is -2.28. The molecule has 2 atom stereocenters. The van der Waals surface area contributed by atoms with Crippen LogP contribution >= 0.6 is 27.5 Å². The quantitative estimate of drug-likeness (QED) is 0.0833. The highest BCUT2D eigenvalue weighted by atomic mass is 79.9. The Hall–Kier alpha value is -4.26. The number of hydrazone groups is 1. The number of carbonyl (C=O) groups is 2. The zero-order valence-corrected chi connectivity index (χ0v) is 26.6. The number of urea groups is 1. The molecule has 13 heteroatoms. The third-order valence-corrected chi connectivity index (χ3v) is 7.20. The van der Waals surface area contributed by atoms with Crippen LogP contribution in [0.15, 0.2) is 81.5 Å². The standard InChI is InChI=1S/C31H32BrClN4O7/c1-4-42-26-14-21(29-28(30(39)41-3)18(2)35-31(40)36-29)9-11-25(26)44-17-27(38)37-34-15-19-8-10-24(23(32)13-19)43-16-20-6-5-7-22(33)12-20/h5-15,27,29,37-38H,4,16-17H2,1-3H3,(H2,35,36,40)/b34-15+/t27-,29+/m1/s1. The molecule has 0 fully saturated rings. The van der Waals surface area contributed by atoms with Crippen LogP contribution in [0.3, 0.4) is 0 Å². The summed E-state index contributed by atoms with van der Waals surface area (Å²) >= 11 is 9.55. The van der Waals surface area contributed by atoms with Gasteiger partial charge < -0.3 is 34.7 Å². The highest BCUT2D eigenvalue weighted by Gasteiger charge is 2.32. The van der Waals surface area contributed by atoms with E-state index < -0.39 is 24.3 Å². The first-order valence-corrected chi connectivity index (χ1v) is 14.7. The zero-order chi connectivity index (χ0) is 31.6. The minimum absolute atomic E-state index is 0.146. The van der Waals surface area contributed by atoms with Gasteiger partial charge >= 0.3 is 12.0 Å². The number of hydrogen-bond donors (Lipinski definition) is 4. The Morgan fingerprint density at radius 2 is 1.91 bits per heavy atom. The fraction of sp³-hybridized carbons (Fsp3) is 0.258. The van der Waals surface area contributed by atoms with Crippen LogP contribution < -0.4 is 30.3 Å². The molecule has 1 aliphatic rings. The van der Waals surface area contributed by atoms with Crippen LogP contribution in [0.25, 0.3) is 0 Å². The van der Waals surface area contributed by atoms with Crippen molar-refractivity contribution in [2.45, 2.75) is 32.7 Å². The summed E-state index contributed by atoms with van der Waals surface area (Å²) in [6.45, 7) is 4.00. The number of methoxy groups -OCH3 is 1. The maximum absolute atomic E-state index is 12.4. The maximum atomic E-state index is 12.4. The Balaban J connectivity index is 1.34. The van der Waals surface area contributed by atoms with Gasteiger partial charge in [0.1, 0.15) is 19.0 Å². The van der Waals surface area contributed by atoms with Crippen molar-refractivity contribution in [3.63, 3.8) is 0 Å². The van der Waals surface area contributed by atoms with E-state index in [2.05, 4.69) is 37.1 Å². The molecule has 1 heterocycles. The number of nitrogens with one attached hydrogen (secondary N) is 3. The lowest BCUT2D eigenvalue weighted by molar-refractivity contribution is -0.136. The number of ether oxygens (including phenoxy) is 4. The van der Waals surface area contributed by atoms with Gasteiger partial charge in [-0.1, -0.05) is 29.8 Å². The normalized spacial score (nSPS) is 15.3. The van der Waals surface area contributed by atoms with E-state index in [1.165, 1.54) is 7.11 Å². The molecule has 2 amide bonds. The summed E-state index contributed by atoms with van der Waals surface area (Å²) < 4.78 is 23.1. The van der Waals surface area contributed by atoms with Gasteiger partial charge in [0.15, 0.2) is 17.7 Å². The molecule has 0 radical (unpaired) electrons. The molecule has 0 aliphatic carbocycles. The summed E-state index contributed by atoms with van der Waals surface area (Å²) in [4.78, 5) is 24.6. The van der Waals surface area contributed by atoms with Gasteiger partial charge in [-0.3, -0.25) is 5.43 Å². The van der Waals surface area contributed by atoms with Crippen LogP contribution in [0.1, 0.15) is 36.6 Å². The monoisotopic (exact) mass is 686 g/mol. The molecule has 44 heavy (non-hydrogen) atoms. The summed E-state index contributed by atoms with van der Waals surface area (Å²) in [5, 5.41) is 20.5. The van der Waals surface area contributed by atoms with Crippen LogP contribution in [0.2, 0.25) is 5.02 Å². The Morgan fingerprint density at radius 3 is 2.64 bits per heavy atom. The molecule has 0 spiro atoms. The molecule has 0 aromatic heterocycles. The molecule has 232 valence electrons. The van der Waals surface area contributed by atoms with Gasteiger partial charge in [0.2, 0.25) is 0 Å². The minimum Gasteiger partial charge on any atom is -0.490 e. The van der Waals surface area contributed by atoms with Crippen molar-refractivity contribution < 1.29 is 33.6 Å². The summed E-state index contributed by atoms with van der Waals surface area (Å²) in [6, 6.07) is 16.7. The molecule has 0 saturated carbocycles. The predicted octanol–water partition coefficient (Wildman–Crippen LogP) is 5.20. The second kappa shape index (κ2) is 15.5. The number of benzene rings is 3. The molecule has 3 aromatic rings. The Morgan fingerprint density at radius 1 is 1.11 bits per heavy atom. The zero-order valence-electron chi connectivity index (χ0n) is 24.2. The molecule has 3 aromatic carbocycles. The third kappa shape index (κ3) is 8.65. The van der Waals surface area contributed by atoms with Crippen LogP contribution in [0.4, 0.5) is 4.79 Å². The van der Waals surface area contributed by atoms with Gasteiger partial charge in [-0.05, 0) is 88.9 Å². The fourth-order valence-electron chi connectivity index (χ4n) is 4.32. The number of nitrogens with zero attached hydrogens (tertiary/aromatic N) is 1. The fourth-order valence-corrected chi connectivity index (χ4v) is 5.05. The van der Waals surface area contributed by atoms with E-state index in [1.54, 1.807) is 31.3 Å². The van der Waals surface area contributed by atoms with Crippen LogP contribution in [-0.2, 0) is 16.1 Å². The second-order valence-electron chi connectivity index (χ2n) is 9.52. The first-order valence-electron chi connectivity index (χ1n) is 13.6. The molecule has 1 aliphatic heterocycles. The predicted molar refractivity (Wildman–Crippen MR) is 169 cm³/mol. The van der Waals surface area contributed by atoms with Crippen molar-refractivity contribution in [2.24, 2.45) is 5.10 Å². The molecule has 0 bridgehead atoms. The molecule has 0 saturated heterocycles. The van der Waals surface area contributed by atoms with Crippen molar-refractivity contribution in [2.75, 3.05) is 20.3 Å². The smallest absolute Gasteiger partial charge is 0.337 e. The highest BCUT2D eigenvalue weighted by Crippen LogP contribution is 2.35. The Kier molecular flexibility index (Phi) is 11.5. The highest BCUT2D eigenvalue weighted by molar-refractivity contribution is 9.10. The summed E-state index contributed by atoms with van der Waals surface area (Å²) in [6.07, 6.45) is 0.418. The molecular weight excluding hydrogens is 656 g/mol. The van der Waals surface area contributed by atoms with Gasteiger partial charge in [0, 0.05) is 10.7 Å². The van der Waals surface area contributed by atoms with Gasteiger partial charge in [-0.25, -0.2) is 9.59 Å². The first kappa shape index (κ1) is 32.6. The second-order valence-corrected chi connectivity index (χ2v) is 10.8. The average molecular weight is 688 g/mol. The molecule has 0 unspecified atom stereocenters. The van der Waals surface area contributed by atoms with E-state index in [0.29, 0.717) is 46.7 Å². The number of amides is 2. The Labute approximate surface area is 268 Å². The van der Waals surface area contributed by atoms with E-state index in [-0.39, 0.29) is 12.2 Å². The average Bonchev–Trinajstić information content (AvgIpc) is 2.99. The van der Waals surface area contributed by atoms with Gasteiger partial charge in [-0.2, -0.15) is 5.10 Å². The number of aliphatic hydroxyl groups excluding tert-OH is 1. The number of esters is 1. The van der Waals surface area contributed by atoms with Crippen molar-refractivity contribution in [3.8, 4) is 17.2 Å². The van der Waals surface area contributed by atoms with E-state index in [9.17, 15) is 14.7 Å². The van der Waals surface area contributed by atoms with E-state index in [4.69, 9.17) is 30.5 Å². The number of hydrogen-bond acceptors (Lipinski definition) is 9. The van der Waals surface area contributed by atoms with Crippen molar-refractivity contribution >= 4 is 45.7 Å². The summed E-state index contributed by atoms with van der Waals surface area (Å²) in [5.41, 5.74) is 5.60.